The SMILES string of the molecule is CS(=O)(=O)N(CCC(=O)N1CCCC1)c1ccc(F)c(F)c1. The third-order valence-corrected chi connectivity index (χ3v) is 4.77. The van der Waals surface area contributed by atoms with Crippen LogP contribution in [0, 0.1) is 11.6 Å². The normalized spacial score (nSPS) is 15.1. The minimum absolute atomic E-state index is 0.00602. The standard InChI is InChI=1S/C14H18F2N2O3S/c1-22(20,21)18(11-4-5-12(15)13(16)10-11)9-6-14(19)17-7-2-3-8-17/h4-5,10H,2-3,6-9H2,1H3. The second-order valence-electron chi connectivity index (χ2n) is 5.27. The summed E-state index contributed by atoms with van der Waals surface area (Å²) < 4.78 is 50.9. The van der Waals surface area contributed by atoms with Crippen molar-refractivity contribution in [1.29, 1.82) is 0 Å². The molecule has 0 bridgehead atoms. The van der Waals surface area contributed by atoms with Gasteiger partial charge in [-0.3, -0.25) is 9.10 Å². The van der Waals surface area contributed by atoms with Gasteiger partial charge in [0.05, 0.1) is 11.9 Å². The largest absolute Gasteiger partial charge is 0.343 e. The maximum Gasteiger partial charge on any atom is 0.232 e. The molecule has 0 saturated carbocycles. The summed E-state index contributed by atoms with van der Waals surface area (Å²) in [7, 11) is -3.69. The molecule has 1 amide bonds. The Kier molecular flexibility index (Phi) is 5.00. The summed E-state index contributed by atoms with van der Waals surface area (Å²) in [6, 6.07) is 2.86. The first-order valence-corrected chi connectivity index (χ1v) is 8.84. The molecule has 1 aromatic rings. The van der Waals surface area contributed by atoms with Crippen molar-refractivity contribution in [3.05, 3.63) is 29.8 Å². The van der Waals surface area contributed by atoms with E-state index in [1.54, 1.807) is 4.90 Å². The van der Waals surface area contributed by atoms with Crippen molar-refractivity contribution < 1.29 is 22.0 Å². The van der Waals surface area contributed by atoms with Gasteiger partial charge < -0.3 is 4.90 Å². The minimum Gasteiger partial charge on any atom is -0.343 e. The smallest absolute Gasteiger partial charge is 0.232 e. The number of hydrogen-bond donors (Lipinski definition) is 0. The van der Waals surface area contributed by atoms with Gasteiger partial charge in [0.2, 0.25) is 15.9 Å². The molecule has 8 heteroatoms. The molecule has 0 atom stereocenters. The van der Waals surface area contributed by atoms with Gasteiger partial charge in [0.1, 0.15) is 0 Å². The zero-order valence-electron chi connectivity index (χ0n) is 12.3. The van der Waals surface area contributed by atoms with Gasteiger partial charge in [0, 0.05) is 32.1 Å². The number of nitrogens with zero attached hydrogens (tertiary/aromatic N) is 2. The molecule has 1 aliphatic rings. The number of carbonyl (C=O) groups excluding carboxylic acids is 1. The number of halogens is 2. The van der Waals surface area contributed by atoms with Crippen molar-refractivity contribution >= 4 is 21.6 Å². The highest BCUT2D eigenvalue weighted by molar-refractivity contribution is 7.92. The Hall–Kier alpha value is -1.70. The van der Waals surface area contributed by atoms with Gasteiger partial charge in [0.25, 0.3) is 0 Å². The quantitative estimate of drug-likeness (QED) is 0.825. The third kappa shape index (κ3) is 3.94. The van der Waals surface area contributed by atoms with Crippen LogP contribution in [0.1, 0.15) is 19.3 Å². The Labute approximate surface area is 128 Å². The summed E-state index contributed by atoms with van der Waals surface area (Å²) in [6.07, 6.45) is 2.87. The van der Waals surface area contributed by atoms with Crippen molar-refractivity contribution in [3.63, 3.8) is 0 Å². The lowest BCUT2D eigenvalue weighted by Gasteiger charge is -2.23. The molecule has 1 aromatic carbocycles. The number of benzene rings is 1. The predicted molar refractivity (Wildman–Crippen MR) is 79.0 cm³/mol. The first-order chi connectivity index (χ1) is 10.3. The van der Waals surface area contributed by atoms with Crippen LogP contribution in [0.4, 0.5) is 14.5 Å². The van der Waals surface area contributed by atoms with Crippen LogP contribution in [0.3, 0.4) is 0 Å². The Morgan fingerprint density at radius 2 is 1.86 bits per heavy atom. The number of sulfonamides is 1. The van der Waals surface area contributed by atoms with Crippen LogP contribution < -0.4 is 4.31 Å². The fourth-order valence-electron chi connectivity index (χ4n) is 2.45. The first-order valence-electron chi connectivity index (χ1n) is 6.99. The number of anilines is 1. The molecule has 22 heavy (non-hydrogen) atoms. The topological polar surface area (TPSA) is 57.7 Å². The van der Waals surface area contributed by atoms with Crippen LogP contribution >= 0.6 is 0 Å². The zero-order valence-corrected chi connectivity index (χ0v) is 13.1. The summed E-state index contributed by atoms with van der Waals surface area (Å²) in [5.41, 5.74) is 0.00984. The van der Waals surface area contributed by atoms with Gasteiger partial charge in [-0.2, -0.15) is 0 Å². The number of carbonyl (C=O) groups is 1. The molecule has 0 radical (unpaired) electrons. The Bertz CT molecular complexity index is 658. The number of likely N-dealkylation sites (tertiary alicyclic amines) is 1. The van der Waals surface area contributed by atoms with E-state index >= 15 is 0 Å². The average molecular weight is 332 g/mol. The average Bonchev–Trinajstić information content (AvgIpc) is 2.95. The fourth-order valence-corrected chi connectivity index (χ4v) is 3.37. The van der Waals surface area contributed by atoms with Gasteiger partial charge in [-0.25, -0.2) is 17.2 Å². The van der Waals surface area contributed by atoms with Crippen LogP contribution in [0.25, 0.3) is 0 Å². The van der Waals surface area contributed by atoms with E-state index in [1.807, 2.05) is 0 Å². The minimum atomic E-state index is -3.69. The van der Waals surface area contributed by atoms with Crippen LogP contribution in [0.5, 0.6) is 0 Å². The van der Waals surface area contributed by atoms with E-state index in [9.17, 15) is 22.0 Å². The monoisotopic (exact) mass is 332 g/mol. The molecule has 0 N–H and O–H groups in total. The predicted octanol–water partition coefficient (Wildman–Crippen LogP) is 1.74. The van der Waals surface area contributed by atoms with E-state index in [4.69, 9.17) is 0 Å². The van der Waals surface area contributed by atoms with Crippen LogP contribution in [0.2, 0.25) is 0 Å². The van der Waals surface area contributed by atoms with E-state index in [1.165, 1.54) is 6.07 Å². The molecule has 0 unspecified atom stereocenters. The van der Waals surface area contributed by atoms with Crippen molar-refractivity contribution in [1.82, 2.24) is 4.90 Å². The second kappa shape index (κ2) is 6.60. The van der Waals surface area contributed by atoms with E-state index < -0.39 is 21.7 Å². The Morgan fingerprint density at radius 1 is 1.23 bits per heavy atom. The van der Waals surface area contributed by atoms with Crippen molar-refractivity contribution in [2.45, 2.75) is 19.3 Å². The molecule has 5 nitrogen and oxygen atoms in total. The molecule has 0 spiro atoms. The van der Waals surface area contributed by atoms with Gasteiger partial charge in [-0.15, -0.1) is 0 Å². The molecule has 1 fully saturated rings. The number of rotatable bonds is 5. The third-order valence-electron chi connectivity index (χ3n) is 3.58. The van der Waals surface area contributed by atoms with Gasteiger partial charge in [-0.05, 0) is 25.0 Å². The van der Waals surface area contributed by atoms with Crippen LogP contribution in [-0.4, -0.2) is 45.1 Å². The first kappa shape index (κ1) is 16.7. The van der Waals surface area contributed by atoms with E-state index in [0.29, 0.717) is 13.1 Å². The second-order valence-corrected chi connectivity index (χ2v) is 7.18. The molecule has 0 aliphatic carbocycles. The van der Waals surface area contributed by atoms with Crippen LogP contribution in [-0.2, 0) is 14.8 Å². The lowest BCUT2D eigenvalue weighted by Crippen LogP contribution is -2.35. The number of amides is 1. The van der Waals surface area contributed by atoms with Gasteiger partial charge in [0.15, 0.2) is 11.6 Å². The fraction of sp³-hybridized carbons (Fsp3) is 0.500. The summed E-state index contributed by atoms with van der Waals surface area (Å²) >= 11 is 0. The van der Waals surface area contributed by atoms with Crippen LogP contribution in [0.15, 0.2) is 18.2 Å². The molecular formula is C14H18F2N2O3S. The van der Waals surface area contributed by atoms with E-state index in [0.717, 1.165) is 35.5 Å². The molecule has 1 aliphatic heterocycles. The maximum atomic E-state index is 13.3. The Morgan fingerprint density at radius 3 is 2.41 bits per heavy atom. The lowest BCUT2D eigenvalue weighted by molar-refractivity contribution is -0.129. The van der Waals surface area contributed by atoms with Crippen molar-refractivity contribution in [3.8, 4) is 0 Å². The molecule has 0 aromatic heterocycles. The summed E-state index contributed by atoms with van der Waals surface area (Å²) in [5, 5.41) is 0. The maximum absolute atomic E-state index is 13.3. The van der Waals surface area contributed by atoms with E-state index in [2.05, 4.69) is 0 Å². The molecular weight excluding hydrogens is 314 g/mol. The molecule has 122 valence electrons. The molecule has 2 rings (SSSR count). The van der Waals surface area contributed by atoms with E-state index in [-0.39, 0.29) is 24.6 Å². The zero-order chi connectivity index (χ0) is 16.3. The summed E-state index contributed by atoms with van der Waals surface area (Å²) in [4.78, 5) is 13.7. The summed E-state index contributed by atoms with van der Waals surface area (Å²) in [6.45, 7) is 1.27. The Balaban J connectivity index is 2.13. The van der Waals surface area contributed by atoms with Gasteiger partial charge in [-0.1, -0.05) is 0 Å². The highest BCUT2D eigenvalue weighted by Gasteiger charge is 2.23. The lowest BCUT2D eigenvalue weighted by atomic mass is 10.3. The highest BCUT2D eigenvalue weighted by Crippen LogP contribution is 2.21. The molecule has 1 heterocycles. The van der Waals surface area contributed by atoms with Gasteiger partial charge >= 0.3 is 0 Å². The van der Waals surface area contributed by atoms with Crippen molar-refractivity contribution in [2.24, 2.45) is 0 Å². The molecule has 1 saturated heterocycles. The van der Waals surface area contributed by atoms with Crippen molar-refractivity contribution in [2.75, 3.05) is 30.2 Å². The highest BCUT2D eigenvalue weighted by atomic mass is 32.2. The number of hydrogen-bond acceptors (Lipinski definition) is 3. The summed E-state index contributed by atoms with van der Waals surface area (Å²) in [5.74, 6) is -2.31.